The lowest BCUT2D eigenvalue weighted by molar-refractivity contribution is 0.102. The highest BCUT2D eigenvalue weighted by Gasteiger charge is 2.11. The molecule has 1 heterocycles. The van der Waals surface area contributed by atoms with Crippen LogP contribution in [0.25, 0.3) is 10.8 Å². The summed E-state index contributed by atoms with van der Waals surface area (Å²) in [5, 5.41) is 2.26. The maximum Gasteiger partial charge on any atom is 0.327 e. The number of carbonyl (C=O) groups excluding carboxylic acids is 1. The molecule has 110 valence electrons. The molecular weight excluding hydrogens is 292 g/mol. The topological polar surface area (TPSA) is 28.4 Å². The van der Waals surface area contributed by atoms with E-state index in [2.05, 4.69) is 6.07 Å². The molecular formula is C19H17O2S+. The van der Waals surface area contributed by atoms with Crippen LogP contribution in [-0.2, 0) is 0 Å². The number of hydrogen-bond acceptors (Lipinski definition) is 2. The van der Waals surface area contributed by atoms with Gasteiger partial charge in [0.2, 0.25) is 0 Å². The third-order valence-corrected chi connectivity index (χ3v) is 4.43. The van der Waals surface area contributed by atoms with Crippen molar-refractivity contribution in [1.29, 1.82) is 0 Å². The smallest absolute Gasteiger partial charge is 0.293 e. The molecule has 0 N–H and O–H groups in total. The molecule has 0 saturated heterocycles. The molecule has 0 amide bonds. The van der Waals surface area contributed by atoms with Gasteiger partial charge in [0.25, 0.3) is 0 Å². The van der Waals surface area contributed by atoms with E-state index in [1.807, 2.05) is 62.4 Å². The van der Waals surface area contributed by atoms with Crippen LogP contribution in [0.1, 0.15) is 21.9 Å². The lowest BCUT2D eigenvalue weighted by atomic mass is 10.1. The van der Waals surface area contributed by atoms with Crippen molar-refractivity contribution in [2.75, 3.05) is 5.75 Å². The van der Waals surface area contributed by atoms with Crippen LogP contribution in [0.5, 0.6) is 0 Å². The van der Waals surface area contributed by atoms with Gasteiger partial charge in [-0.05, 0) is 16.8 Å². The fourth-order valence-corrected chi connectivity index (χ4v) is 3.40. The van der Waals surface area contributed by atoms with Gasteiger partial charge in [-0.15, -0.1) is 11.8 Å². The predicted molar refractivity (Wildman–Crippen MR) is 91.6 cm³/mol. The first-order valence-corrected chi connectivity index (χ1v) is 8.16. The molecule has 0 bridgehead atoms. The Morgan fingerprint density at radius 2 is 1.64 bits per heavy atom. The number of aryl methyl sites for hydroxylation is 2. The first-order valence-electron chi connectivity index (χ1n) is 7.18. The summed E-state index contributed by atoms with van der Waals surface area (Å²) in [6.45, 7) is 3.84. The Labute approximate surface area is 134 Å². The summed E-state index contributed by atoms with van der Waals surface area (Å²) >= 11 is 1.55. The van der Waals surface area contributed by atoms with Crippen molar-refractivity contribution < 1.29 is 9.21 Å². The second-order valence-electron chi connectivity index (χ2n) is 5.29. The van der Waals surface area contributed by atoms with Crippen LogP contribution in [0.15, 0.2) is 63.9 Å². The highest BCUT2D eigenvalue weighted by atomic mass is 32.2. The zero-order valence-electron chi connectivity index (χ0n) is 12.6. The van der Waals surface area contributed by atoms with Crippen LogP contribution in [0.2, 0.25) is 0 Å². The van der Waals surface area contributed by atoms with Crippen LogP contribution in [0.4, 0.5) is 0 Å². The van der Waals surface area contributed by atoms with E-state index in [4.69, 9.17) is 4.42 Å². The van der Waals surface area contributed by atoms with Gasteiger partial charge in [0.15, 0.2) is 5.78 Å². The zero-order valence-corrected chi connectivity index (χ0v) is 13.4. The Balaban J connectivity index is 1.75. The zero-order chi connectivity index (χ0) is 15.5. The number of rotatable bonds is 4. The van der Waals surface area contributed by atoms with Crippen molar-refractivity contribution in [3.63, 3.8) is 0 Å². The molecule has 3 heteroatoms. The average molecular weight is 309 g/mol. The van der Waals surface area contributed by atoms with Crippen molar-refractivity contribution in [1.82, 2.24) is 0 Å². The minimum Gasteiger partial charge on any atom is -0.293 e. The highest BCUT2D eigenvalue weighted by molar-refractivity contribution is 8.00. The number of carbonyl (C=O) groups is 1. The summed E-state index contributed by atoms with van der Waals surface area (Å²) in [5.41, 5.74) is 0.764. The van der Waals surface area contributed by atoms with Gasteiger partial charge >= 0.3 is 11.5 Å². The van der Waals surface area contributed by atoms with Gasteiger partial charge in [0, 0.05) is 10.5 Å². The van der Waals surface area contributed by atoms with Gasteiger partial charge in [-0.25, -0.2) is 4.42 Å². The third kappa shape index (κ3) is 3.37. The second-order valence-corrected chi connectivity index (χ2v) is 6.34. The monoisotopic (exact) mass is 309 g/mol. The summed E-state index contributed by atoms with van der Waals surface area (Å²) < 4.78 is 5.46. The second kappa shape index (κ2) is 6.32. The van der Waals surface area contributed by atoms with Crippen molar-refractivity contribution in [3.8, 4) is 0 Å². The molecule has 2 nitrogen and oxygen atoms in total. The van der Waals surface area contributed by atoms with Crippen molar-refractivity contribution >= 4 is 28.3 Å². The van der Waals surface area contributed by atoms with Gasteiger partial charge in [-0.3, -0.25) is 4.79 Å². The molecule has 22 heavy (non-hydrogen) atoms. The largest absolute Gasteiger partial charge is 0.327 e. The normalized spacial score (nSPS) is 10.8. The van der Waals surface area contributed by atoms with Gasteiger partial charge in [0.1, 0.15) is 0 Å². The lowest BCUT2D eigenvalue weighted by Gasteiger charge is -2.03. The number of thioether (sulfide) groups is 1. The quantitative estimate of drug-likeness (QED) is 0.371. The van der Waals surface area contributed by atoms with E-state index in [1.165, 1.54) is 0 Å². The molecule has 0 atom stereocenters. The van der Waals surface area contributed by atoms with Crippen LogP contribution < -0.4 is 0 Å². The molecule has 0 spiro atoms. The van der Waals surface area contributed by atoms with E-state index in [-0.39, 0.29) is 5.78 Å². The van der Waals surface area contributed by atoms with E-state index < -0.39 is 0 Å². The molecule has 3 aromatic rings. The minimum atomic E-state index is 0.145. The van der Waals surface area contributed by atoms with Crippen molar-refractivity contribution in [3.05, 3.63) is 71.7 Å². The summed E-state index contributed by atoms with van der Waals surface area (Å²) in [5.74, 6) is 2.30. The van der Waals surface area contributed by atoms with Gasteiger partial charge < -0.3 is 0 Å². The molecule has 2 aromatic carbocycles. The minimum absolute atomic E-state index is 0.145. The van der Waals surface area contributed by atoms with Crippen LogP contribution in [-0.4, -0.2) is 11.5 Å². The fourth-order valence-electron chi connectivity index (χ4n) is 2.43. The lowest BCUT2D eigenvalue weighted by Crippen LogP contribution is -2.02. The summed E-state index contributed by atoms with van der Waals surface area (Å²) in [7, 11) is 0. The average Bonchev–Trinajstić information content (AvgIpc) is 2.51. The highest BCUT2D eigenvalue weighted by Crippen LogP contribution is 2.23. The van der Waals surface area contributed by atoms with E-state index in [0.29, 0.717) is 5.75 Å². The molecule has 0 aliphatic carbocycles. The molecule has 0 aliphatic heterocycles. The molecule has 3 rings (SSSR count). The van der Waals surface area contributed by atoms with Gasteiger partial charge in [0.05, 0.1) is 31.7 Å². The number of Topliss-reactive ketones (excluding diaryl/α,β-unsaturated/α-hetero) is 1. The van der Waals surface area contributed by atoms with Crippen LogP contribution >= 0.6 is 11.8 Å². The molecule has 0 aliphatic rings. The van der Waals surface area contributed by atoms with E-state index in [9.17, 15) is 4.79 Å². The Morgan fingerprint density at radius 3 is 2.36 bits per heavy atom. The third-order valence-electron chi connectivity index (χ3n) is 3.45. The van der Waals surface area contributed by atoms with Gasteiger partial charge in [-0.2, -0.15) is 0 Å². The van der Waals surface area contributed by atoms with Crippen molar-refractivity contribution in [2.24, 2.45) is 0 Å². The number of fused-ring (bicyclic) bond motifs is 1. The molecule has 0 fully saturated rings. The summed E-state index contributed by atoms with van der Waals surface area (Å²) in [6.07, 6.45) is 0. The molecule has 0 radical (unpaired) electrons. The maximum absolute atomic E-state index is 12.4. The Bertz CT molecular complexity index is 819. The fraction of sp³-hybridized carbons (Fsp3) is 0.158. The first kappa shape index (κ1) is 14.8. The first-order chi connectivity index (χ1) is 10.6. The Morgan fingerprint density at radius 1 is 0.955 bits per heavy atom. The van der Waals surface area contributed by atoms with E-state index in [1.54, 1.807) is 11.8 Å². The number of benzene rings is 2. The van der Waals surface area contributed by atoms with E-state index >= 15 is 0 Å². The molecule has 1 aromatic heterocycles. The van der Waals surface area contributed by atoms with Crippen LogP contribution in [0.3, 0.4) is 0 Å². The maximum atomic E-state index is 12.4. The van der Waals surface area contributed by atoms with Gasteiger partial charge in [-0.1, -0.05) is 36.4 Å². The van der Waals surface area contributed by atoms with Crippen molar-refractivity contribution in [2.45, 2.75) is 18.7 Å². The number of hydrogen-bond donors (Lipinski definition) is 0. The Kier molecular flexibility index (Phi) is 4.25. The number of ketones is 1. The molecule has 0 unspecified atom stereocenters. The summed E-state index contributed by atoms with van der Waals surface area (Å²) in [4.78, 5) is 13.5. The Hall–Kier alpha value is -2.13. The standard InChI is InChI=1S/C19H17O2S/c1-13-9-18(10-14(2)21-13)22-12-19(20)17-8-7-15-5-3-4-6-16(15)11-17/h3-11H,12H2,1-2H3/q+1. The predicted octanol–water partition coefficient (Wildman–Crippen LogP) is 5.31. The SMILES string of the molecule is Cc1cc(SCC(=O)c2ccc3ccccc3c2)cc(C)[o+]1. The summed E-state index contributed by atoms with van der Waals surface area (Å²) in [6, 6.07) is 17.9. The molecule has 0 saturated carbocycles. The van der Waals surface area contributed by atoms with Crippen LogP contribution in [0, 0.1) is 13.8 Å². The van der Waals surface area contributed by atoms with E-state index in [0.717, 1.165) is 32.8 Å².